The van der Waals surface area contributed by atoms with Crippen molar-refractivity contribution in [3.05, 3.63) is 58.9 Å². The molecule has 3 aromatic rings. The molecule has 1 amide bonds. The average molecular weight is 357 g/mol. The van der Waals surface area contributed by atoms with Crippen LogP contribution in [0.15, 0.2) is 53.9 Å². The number of halogens is 1. The number of hydrogen-bond acceptors (Lipinski definition) is 3. The first kappa shape index (κ1) is 16.7. The van der Waals surface area contributed by atoms with Crippen molar-refractivity contribution in [2.75, 3.05) is 5.32 Å². The summed E-state index contributed by atoms with van der Waals surface area (Å²) in [5, 5.41) is 6.60. The highest BCUT2D eigenvalue weighted by atomic mass is 35.5. The lowest BCUT2D eigenvalue weighted by atomic mass is 10.1. The molecule has 3 nitrogen and oxygen atoms in total. The van der Waals surface area contributed by atoms with Crippen molar-refractivity contribution in [1.29, 1.82) is 0 Å². The number of amides is 1. The Labute approximate surface area is 150 Å². The molecule has 3 rings (SSSR count). The number of aromatic nitrogens is 1. The van der Waals surface area contributed by atoms with E-state index in [1.165, 1.54) is 0 Å². The first-order valence-corrected chi connectivity index (χ1v) is 9.03. The number of carbonyl (C=O) groups excluding carboxylic acids is 1. The molecular weight excluding hydrogens is 340 g/mol. The van der Waals surface area contributed by atoms with E-state index in [9.17, 15) is 4.79 Å². The Bertz CT molecular complexity index is 825. The molecule has 0 fully saturated rings. The molecule has 0 aliphatic carbocycles. The Balaban J connectivity index is 1.75. The quantitative estimate of drug-likeness (QED) is 0.621. The molecule has 0 radical (unpaired) electrons. The normalized spacial score (nSPS) is 10.6. The van der Waals surface area contributed by atoms with E-state index in [-0.39, 0.29) is 5.91 Å². The molecule has 1 heterocycles. The van der Waals surface area contributed by atoms with Crippen LogP contribution in [0.3, 0.4) is 0 Å². The van der Waals surface area contributed by atoms with Crippen LogP contribution in [0.2, 0.25) is 5.02 Å². The van der Waals surface area contributed by atoms with Crippen LogP contribution < -0.4 is 5.32 Å². The maximum atomic E-state index is 11.6. The number of thiazole rings is 1. The molecule has 0 bridgehead atoms. The van der Waals surface area contributed by atoms with Gasteiger partial charge in [0.15, 0.2) is 0 Å². The molecule has 122 valence electrons. The van der Waals surface area contributed by atoms with Crippen molar-refractivity contribution >= 4 is 34.5 Å². The van der Waals surface area contributed by atoms with Crippen molar-refractivity contribution in [1.82, 2.24) is 4.98 Å². The van der Waals surface area contributed by atoms with Crippen LogP contribution in [0.4, 0.5) is 5.69 Å². The van der Waals surface area contributed by atoms with Gasteiger partial charge in [-0.05, 0) is 30.7 Å². The number of carbonyl (C=O) groups is 1. The van der Waals surface area contributed by atoms with Crippen molar-refractivity contribution < 1.29 is 4.79 Å². The smallest absolute Gasteiger partial charge is 0.224 e. The minimum Gasteiger partial charge on any atom is -0.326 e. The number of nitrogens with one attached hydrogen (secondary N) is 1. The Morgan fingerprint density at radius 1 is 1.08 bits per heavy atom. The first-order valence-electron chi connectivity index (χ1n) is 7.77. The van der Waals surface area contributed by atoms with E-state index >= 15 is 0 Å². The first-order chi connectivity index (χ1) is 11.7. The van der Waals surface area contributed by atoms with Crippen LogP contribution >= 0.6 is 22.9 Å². The Morgan fingerprint density at radius 2 is 1.75 bits per heavy atom. The number of anilines is 1. The summed E-state index contributed by atoms with van der Waals surface area (Å²) < 4.78 is 0. The topological polar surface area (TPSA) is 42.0 Å². The van der Waals surface area contributed by atoms with Crippen LogP contribution in [0.25, 0.3) is 21.8 Å². The number of nitrogens with zero attached hydrogens (tertiary/aromatic N) is 1. The number of rotatable bonds is 5. The standard InChI is InChI=1S/C19H17ClN2OS/c1-2-3-18(23)21-16-10-6-13(7-11-16)17-12-24-19(22-17)14-4-8-15(20)9-5-14/h4-12H,2-3H2,1H3,(H,21,23). The molecular formula is C19H17ClN2OS. The Morgan fingerprint density at radius 3 is 2.42 bits per heavy atom. The zero-order valence-electron chi connectivity index (χ0n) is 13.3. The fraction of sp³-hybridized carbons (Fsp3) is 0.158. The lowest BCUT2D eigenvalue weighted by Crippen LogP contribution is -2.10. The van der Waals surface area contributed by atoms with Crippen LogP contribution in [0.1, 0.15) is 19.8 Å². The zero-order chi connectivity index (χ0) is 16.9. The Hall–Kier alpha value is -2.17. The Kier molecular flexibility index (Phi) is 5.28. The third-order valence-electron chi connectivity index (χ3n) is 3.54. The van der Waals surface area contributed by atoms with Gasteiger partial charge in [-0.3, -0.25) is 4.79 Å². The van der Waals surface area contributed by atoms with E-state index in [0.717, 1.165) is 39.0 Å². The summed E-state index contributed by atoms with van der Waals surface area (Å²) in [7, 11) is 0. The van der Waals surface area contributed by atoms with Gasteiger partial charge < -0.3 is 5.32 Å². The molecule has 2 aromatic carbocycles. The second-order valence-corrected chi connectivity index (χ2v) is 6.71. The second-order valence-electron chi connectivity index (χ2n) is 5.42. The average Bonchev–Trinajstić information content (AvgIpc) is 3.06. The highest BCUT2D eigenvalue weighted by Gasteiger charge is 2.07. The fourth-order valence-electron chi connectivity index (χ4n) is 2.31. The third-order valence-corrected chi connectivity index (χ3v) is 4.68. The maximum Gasteiger partial charge on any atom is 0.224 e. The minimum absolute atomic E-state index is 0.0453. The summed E-state index contributed by atoms with van der Waals surface area (Å²) >= 11 is 7.52. The van der Waals surface area contributed by atoms with Gasteiger partial charge >= 0.3 is 0 Å². The molecule has 0 saturated carbocycles. The van der Waals surface area contributed by atoms with Gasteiger partial charge in [0.05, 0.1) is 5.69 Å². The van der Waals surface area contributed by atoms with Gasteiger partial charge in [0.2, 0.25) is 5.91 Å². The summed E-state index contributed by atoms with van der Waals surface area (Å²) in [6.07, 6.45) is 1.38. The summed E-state index contributed by atoms with van der Waals surface area (Å²) in [4.78, 5) is 16.3. The van der Waals surface area contributed by atoms with E-state index in [4.69, 9.17) is 11.6 Å². The number of benzene rings is 2. The minimum atomic E-state index is 0.0453. The molecule has 1 N–H and O–H groups in total. The van der Waals surface area contributed by atoms with E-state index in [1.54, 1.807) is 11.3 Å². The van der Waals surface area contributed by atoms with E-state index in [1.807, 2.05) is 60.8 Å². The van der Waals surface area contributed by atoms with Crippen LogP contribution in [0.5, 0.6) is 0 Å². The summed E-state index contributed by atoms with van der Waals surface area (Å²) in [5.74, 6) is 0.0453. The van der Waals surface area contributed by atoms with Gasteiger partial charge in [-0.25, -0.2) is 4.98 Å². The predicted octanol–water partition coefficient (Wildman–Crippen LogP) is 5.87. The summed E-state index contributed by atoms with van der Waals surface area (Å²) in [6, 6.07) is 15.4. The molecule has 0 atom stereocenters. The molecule has 24 heavy (non-hydrogen) atoms. The SMILES string of the molecule is CCCC(=O)Nc1ccc(-c2csc(-c3ccc(Cl)cc3)n2)cc1. The maximum absolute atomic E-state index is 11.6. The van der Waals surface area contributed by atoms with Gasteiger partial charge in [-0.2, -0.15) is 0 Å². The van der Waals surface area contributed by atoms with Crippen molar-refractivity contribution in [2.24, 2.45) is 0 Å². The highest BCUT2D eigenvalue weighted by molar-refractivity contribution is 7.13. The summed E-state index contributed by atoms with van der Waals surface area (Å²) in [6.45, 7) is 1.99. The van der Waals surface area contributed by atoms with Crippen molar-refractivity contribution in [2.45, 2.75) is 19.8 Å². The summed E-state index contributed by atoms with van der Waals surface area (Å²) in [5.41, 5.74) is 3.82. The molecule has 0 unspecified atom stereocenters. The second kappa shape index (κ2) is 7.60. The highest BCUT2D eigenvalue weighted by Crippen LogP contribution is 2.30. The van der Waals surface area contributed by atoms with E-state index in [0.29, 0.717) is 6.42 Å². The monoisotopic (exact) mass is 356 g/mol. The molecule has 5 heteroatoms. The van der Waals surface area contributed by atoms with Crippen molar-refractivity contribution in [3.63, 3.8) is 0 Å². The van der Waals surface area contributed by atoms with Gasteiger partial charge in [-0.1, -0.05) is 42.8 Å². The molecule has 1 aromatic heterocycles. The van der Waals surface area contributed by atoms with Gasteiger partial charge in [0, 0.05) is 33.6 Å². The van der Waals surface area contributed by atoms with Crippen LogP contribution in [0, 0.1) is 0 Å². The van der Waals surface area contributed by atoms with Gasteiger partial charge in [-0.15, -0.1) is 11.3 Å². The molecule has 0 spiro atoms. The van der Waals surface area contributed by atoms with Crippen LogP contribution in [-0.4, -0.2) is 10.9 Å². The lowest BCUT2D eigenvalue weighted by molar-refractivity contribution is -0.116. The van der Waals surface area contributed by atoms with Crippen LogP contribution in [-0.2, 0) is 4.79 Å². The predicted molar refractivity (Wildman–Crippen MR) is 102 cm³/mol. The van der Waals surface area contributed by atoms with Gasteiger partial charge in [0.25, 0.3) is 0 Å². The van der Waals surface area contributed by atoms with Gasteiger partial charge in [0.1, 0.15) is 5.01 Å². The molecule has 0 saturated heterocycles. The largest absolute Gasteiger partial charge is 0.326 e. The fourth-order valence-corrected chi connectivity index (χ4v) is 3.27. The zero-order valence-corrected chi connectivity index (χ0v) is 14.8. The van der Waals surface area contributed by atoms with Crippen molar-refractivity contribution in [3.8, 4) is 21.8 Å². The van der Waals surface area contributed by atoms with E-state index < -0.39 is 0 Å². The molecule has 0 aliphatic rings. The third kappa shape index (κ3) is 4.02. The number of hydrogen-bond donors (Lipinski definition) is 1. The molecule has 0 aliphatic heterocycles. The van der Waals surface area contributed by atoms with E-state index in [2.05, 4.69) is 10.3 Å². The lowest BCUT2D eigenvalue weighted by Gasteiger charge is -2.05.